The van der Waals surface area contributed by atoms with E-state index in [0.717, 1.165) is 23.1 Å². The lowest BCUT2D eigenvalue weighted by Gasteiger charge is -2.09. The summed E-state index contributed by atoms with van der Waals surface area (Å²) in [7, 11) is 0. The molecule has 0 fully saturated rings. The molecule has 0 saturated carbocycles. The minimum Gasteiger partial charge on any atom is -0.437 e. The molecule has 22 heavy (non-hydrogen) atoms. The average molecular weight is 351 g/mol. The Kier molecular flexibility index (Phi) is 3.48. The first-order chi connectivity index (χ1) is 10.6. The highest BCUT2D eigenvalue weighted by molar-refractivity contribution is 7.19. The number of halogens is 2. The zero-order chi connectivity index (χ0) is 15.3. The summed E-state index contributed by atoms with van der Waals surface area (Å²) in [6.07, 6.45) is 3.37. The quantitative estimate of drug-likeness (QED) is 0.604. The first-order valence-electron chi connectivity index (χ1n) is 7.03. The molecule has 0 N–H and O–H groups in total. The van der Waals surface area contributed by atoms with E-state index in [4.69, 9.17) is 27.9 Å². The van der Waals surface area contributed by atoms with Crippen LogP contribution in [0.2, 0.25) is 10.0 Å². The summed E-state index contributed by atoms with van der Waals surface area (Å²) in [6, 6.07) is 5.19. The molecule has 0 radical (unpaired) electrons. The van der Waals surface area contributed by atoms with Crippen molar-refractivity contribution in [1.29, 1.82) is 0 Å². The summed E-state index contributed by atoms with van der Waals surface area (Å²) < 4.78 is 6.01. The lowest BCUT2D eigenvalue weighted by atomic mass is 10.2. The molecule has 1 aliphatic rings. The summed E-state index contributed by atoms with van der Waals surface area (Å²) in [5.74, 6) is 1.85. The average Bonchev–Trinajstić information content (AvgIpc) is 3.01. The van der Waals surface area contributed by atoms with Crippen LogP contribution in [0.15, 0.2) is 18.2 Å². The molecule has 4 rings (SSSR count). The number of benzene rings is 1. The van der Waals surface area contributed by atoms with Gasteiger partial charge in [-0.1, -0.05) is 23.2 Å². The summed E-state index contributed by atoms with van der Waals surface area (Å²) in [5, 5.41) is 2.09. The Morgan fingerprint density at radius 2 is 2.05 bits per heavy atom. The number of aryl methyl sites for hydroxylation is 3. The lowest BCUT2D eigenvalue weighted by Crippen LogP contribution is -1.95. The second-order valence-electron chi connectivity index (χ2n) is 5.29. The van der Waals surface area contributed by atoms with Crippen LogP contribution in [0.25, 0.3) is 10.2 Å². The molecule has 1 aliphatic carbocycles. The van der Waals surface area contributed by atoms with Crippen LogP contribution in [0.1, 0.15) is 22.7 Å². The lowest BCUT2D eigenvalue weighted by molar-refractivity contribution is 0.467. The van der Waals surface area contributed by atoms with Gasteiger partial charge < -0.3 is 4.74 Å². The molecule has 3 nitrogen and oxygen atoms in total. The molecule has 0 unspecified atom stereocenters. The van der Waals surface area contributed by atoms with Gasteiger partial charge >= 0.3 is 0 Å². The molecule has 0 spiro atoms. The van der Waals surface area contributed by atoms with Crippen LogP contribution in [-0.2, 0) is 12.8 Å². The van der Waals surface area contributed by atoms with E-state index in [-0.39, 0.29) is 0 Å². The SMILES string of the molecule is Cc1nc(Oc2ccc(Cl)cc2Cl)c2c3c(sc2n1)CCC3. The van der Waals surface area contributed by atoms with Crippen molar-refractivity contribution < 1.29 is 4.74 Å². The minimum atomic E-state index is 0.476. The van der Waals surface area contributed by atoms with Gasteiger partial charge in [0.25, 0.3) is 0 Å². The van der Waals surface area contributed by atoms with Gasteiger partial charge in [0, 0.05) is 9.90 Å². The van der Waals surface area contributed by atoms with E-state index in [1.807, 2.05) is 6.92 Å². The maximum atomic E-state index is 6.21. The summed E-state index contributed by atoms with van der Waals surface area (Å²) in [5.41, 5.74) is 1.33. The molecule has 0 atom stereocenters. The number of nitrogens with zero attached hydrogens (tertiary/aromatic N) is 2. The van der Waals surface area contributed by atoms with Gasteiger partial charge in [0.05, 0.1) is 10.4 Å². The molecule has 1 aromatic carbocycles. The fraction of sp³-hybridized carbons (Fsp3) is 0.250. The van der Waals surface area contributed by atoms with Crippen molar-refractivity contribution in [2.75, 3.05) is 0 Å². The van der Waals surface area contributed by atoms with Crippen LogP contribution < -0.4 is 4.74 Å². The van der Waals surface area contributed by atoms with Gasteiger partial charge in [-0.15, -0.1) is 11.3 Å². The molecular formula is C16H12Cl2N2OS. The summed E-state index contributed by atoms with van der Waals surface area (Å²) >= 11 is 13.9. The largest absolute Gasteiger partial charge is 0.437 e. The van der Waals surface area contributed by atoms with Crippen LogP contribution in [0.3, 0.4) is 0 Å². The van der Waals surface area contributed by atoms with Gasteiger partial charge in [-0.2, -0.15) is 4.98 Å². The Bertz CT molecular complexity index is 891. The highest BCUT2D eigenvalue weighted by Gasteiger charge is 2.23. The number of aromatic nitrogens is 2. The first kappa shape index (κ1) is 14.2. The predicted molar refractivity (Wildman–Crippen MR) is 90.7 cm³/mol. The summed E-state index contributed by atoms with van der Waals surface area (Å²) in [4.78, 5) is 11.4. The van der Waals surface area contributed by atoms with Gasteiger partial charge in [-0.25, -0.2) is 4.98 Å². The fourth-order valence-electron chi connectivity index (χ4n) is 2.80. The van der Waals surface area contributed by atoms with E-state index >= 15 is 0 Å². The van der Waals surface area contributed by atoms with Crippen LogP contribution in [0.5, 0.6) is 11.6 Å². The molecule has 0 amide bonds. The van der Waals surface area contributed by atoms with E-state index < -0.39 is 0 Å². The second-order valence-corrected chi connectivity index (χ2v) is 7.22. The van der Waals surface area contributed by atoms with Crippen molar-refractivity contribution in [3.05, 3.63) is 44.5 Å². The number of rotatable bonds is 2. The van der Waals surface area contributed by atoms with Crippen LogP contribution >= 0.6 is 34.5 Å². The zero-order valence-electron chi connectivity index (χ0n) is 11.8. The normalized spacial score (nSPS) is 13.6. The maximum Gasteiger partial charge on any atom is 0.231 e. The van der Waals surface area contributed by atoms with Gasteiger partial charge in [0.15, 0.2) is 0 Å². The zero-order valence-corrected chi connectivity index (χ0v) is 14.1. The van der Waals surface area contributed by atoms with Crippen molar-refractivity contribution >= 4 is 44.8 Å². The number of fused-ring (bicyclic) bond motifs is 3. The summed E-state index contributed by atoms with van der Waals surface area (Å²) in [6.45, 7) is 1.88. The van der Waals surface area contributed by atoms with Crippen molar-refractivity contribution in [2.45, 2.75) is 26.2 Å². The van der Waals surface area contributed by atoms with E-state index in [1.54, 1.807) is 29.5 Å². The van der Waals surface area contributed by atoms with Gasteiger partial charge in [0.1, 0.15) is 16.4 Å². The molecule has 2 aromatic heterocycles. The van der Waals surface area contributed by atoms with Crippen molar-refractivity contribution in [1.82, 2.24) is 9.97 Å². The maximum absolute atomic E-state index is 6.21. The predicted octanol–water partition coefficient (Wildman–Crippen LogP) is 5.59. The van der Waals surface area contributed by atoms with Gasteiger partial charge in [0.2, 0.25) is 5.88 Å². The third-order valence-corrected chi connectivity index (χ3v) is 5.46. The van der Waals surface area contributed by atoms with E-state index in [9.17, 15) is 0 Å². The third kappa shape index (κ3) is 2.35. The van der Waals surface area contributed by atoms with Gasteiger partial charge in [-0.05, 0) is 49.9 Å². The number of hydrogen-bond donors (Lipinski definition) is 0. The van der Waals surface area contributed by atoms with E-state index in [2.05, 4.69) is 9.97 Å². The first-order valence-corrected chi connectivity index (χ1v) is 8.61. The molecular weight excluding hydrogens is 339 g/mol. The van der Waals surface area contributed by atoms with E-state index in [0.29, 0.717) is 27.5 Å². The molecule has 2 heterocycles. The molecule has 0 bridgehead atoms. The smallest absolute Gasteiger partial charge is 0.231 e. The molecule has 0 saturated heterocycles. The number of hydrogen-bond acceptors (Lipinski definition) is 4. The number of ether oxygens (including phenoxy) is 1. The third-order valence-electron chi connectivity index (χ3n) is 3.74. The number of thiophene rings is 1. The Morgan fingerprint density at radius 3 is 2.86 bits per heavy atom. The fourth-order valence-corrected chi connectivity index (χ4v) is 4.54. The Hall–Kier alpha value is -1.36. The Morgan fingerprint density at radius 1 is 1.18 bits per heavy atom. The van der Waals surface area contributed by atoms with Gasteiger partial charge in [-0.3, -0.25) is 0 Å². The van der Waals surface area contributed by atoms with Crippen molar-refractivity contribution in [3.63, 3.8) is 0 Å². The molecule has 3 aromatic rings. The molecule has 6 heteroatoms. The van der Waals surface area contributed by atoms with Crippen molar-refractivity contribution in [3.8, 4) is 11.6 Å². The Balaban J connectivity index is 1.87. The highest BCUT2D eigenvalue weighted by atomic mass is 35.5. The molecule has 0 aliphatic heterocycles. The van der Waals surface area contributed by atoms with Crippen molar-refractivity contribution in [2.24, 2.45) is 0 Å². The monoisotopic (exact) mass is 350 g/mol. The van der Waals surface area contributed by atoms with E-state index in [1.165, 1.54) is 16.9 Å². The highest BCUT2D eigenvalue weighted by Crippen LogP contribution is 2.42. The van der Waals surface area contributed by atoms with Crippen LogP contribution in [0, 0.1) is 6.92 Å². The minimum absolute atomic E-state index is 0.476. The van der Waals surface area contributed by atoms with Crippen LogP contribution in [-0.4, -0.2) is 9.97 Å². The second kappa shape index (κ2) is 5.37. The standard InChI is InChI=1S/C16H12Cl2N2OS/c1-8-19-15(21-12-6-5-9(17)7-11(12)18)14-10-3-2-4-13(10)22-16(14)20-8/h5-7H,2-4H2,1H3. The topological polar surface area (TPSA) is 35.0 Å². The molecule has 112 valence electrons. The Labute approximate surface area is 141 Å². The van der Waals surface area contributed by atoms with Crippen LogP contribution in [0.4, 0.5) is 0 Å².